The number of hydrogen-bond acceptors (Lipinski definition) is 6. The van der Waals surface area contributed by atoms with Crippen LogP contribution < -0.4 is 20.9 Å². The van der Waals surface area contributed by atoms with Gasteiger partial charge in [-0.3, -0.25) is 0 Å². The summed E-state index contributed by atoms with van der Waals surface area (Å²) in [7, 11) is 0. The second-order valence-corrected chi connectivity index (χ2v) is 7.99. The average Bonchev–Trinajstić information content (AvgIpc) is 3.51. The van der Waals surface area contributed by atoms with E-state index in [1.807, 2.05) is 0 Å². The molecule has 4 N–H and O–H groups in total. The van der Waals surface area contributed by atoms with E-state index in [0.29, 0.717) is 35.8 Å². The predicted molar refractivity (Wildman–Crippen MR) is 121 cm³/mol. The van der Waals surface area contributed by atoms with Crippen molar-refractivity contribution in [1.29, 1.82) is 0 Å². The van der Waals surface area contributed by atoms with Crippen LogP contribution in [0.2, 0.25) is 0 Å². The van der Waals surface area contributed by atoms with Crippen molar-refractivity contribution in [3.8, 4) is 11.5 Å². The van der Waals surface area contributed by atoms with Gasteiger partial charge >= 0.3 is 12.4 Å². The Balaban J connectivity index is 1.74. The summed E-state index contributed by atoms with van der Waals surface area (Å²) in [6.07, 6.45) is -8.88. The number of anilines is 2. The Morgan fingerprint density at radius 1 is 0.622 bits per heavy atom. The molecular formula is C25H20F6N2O4. The Hall–Kier alpha value is -4.22. The fourth-order valence-corrected chi connectivity index (χ4v) is 3.90. The average molecular weight is 526 g/mol. The highest BCUT2D eigenvalue weighted by Crippen LogP contribution is 2.57. The molecule has 0 aliphatic heterocycles. The van der Waals surface area contributed by atoms with E-state index in [1.54, 1.807) is 24.3 Å². The van der Waals surface area contributed by atoms with Gasteiger partial charge in [-0.25, -0.2) is 0 Å². The van der Waals surface area contributed by atoms with Crippen molar-refractivity contribution in [2.45, 2.75) is 31.0 Å². The molecule has 4 rings (SSSR count). The van der Waals surface area contributed by atoms with E-state index in [4.69, 9.17) is 29.8 Å². The van der Waals surface area contributed by atoms with Crippen LogP contribution in [0.1, 0.15) is 22.6 Å². The Kier molecular flexibility index (Phi) is 6.76. The topological polar surface area (TPSA) is 96.8 Å². The Bertz CT molecular complexity index is 1230. The van der Waals surface area contributed by atoms with Gasteiger partial charge in [0.25, 0.3) is 0 Å². The van der Waals surface area contributed by atoms with Gasteiger partial charge in [0.1, 0.15) is 36.2 Å². The molecule has 37 heavy (non-hydrogen) atoms. The van der Waals surface area contributed by atoms with Crippen LogP contribution in [0.3, 0.4) is 0 Å². The van der Waals surface area contributed by atoms with Crippen molar-refractivity contribution in [3.63, 3.8) is 0 Å². The lowest BCUT2D eigenvalue weighted by molar-refractivity contribution is -0.288. The number of ether oxygens (including phenoxy) is 2. The largest absolute Gasteiger partial charge is 0.483 e. The number of nitrogens with two attached hydrogens (primary N) is 2. The standard InChI is InChI=1S/C25H20F6N2O4/c26-24(27,28)23(25(29,30)31,15-5-7-21(19(32)11-15)36-13-17-3-1-9-34-17)16-6-8-22(20(33)12-16)37-14-18-4-2-10-35-18/h1-12H,13-14,32-33H2. The molecule has 196 valence electrons. The lowest BCUT2D eigenvalue weighted by Gasteiger charge is -2.38. The first-order valence-electron chi connectivity index (χ1n) is 10.7. The lowest BCUT2D eigenvalue weighted by Crippen LogP contribution is -2.54. The van der Waals surface area contributed by atoms with Crippen LogP contribution in [0.4, 0.5) is 37.7 Å². The van der Waals surface area contributed by atoms with Crippen LogP contribution in [-0.2, 0) is 18.6 Å². The van der Waals surface area contributed by atoms with E-state index in [2.05, 4.69) is 0 Å². The Labute approximate surface area is 206 Å². The van der Waals surface area contributed by atoms with Gasteiger partial charge in [-0.1, -0.05) is 12.1 Å². The van der Waals surface area contributed by atoms with Gasteiger partial charge in [-0.05, 0) is 59.7 Å². The maximum absolute atomic E-state index is 14.5. The van der Waals surface area contributed by atoms with E-state index in [1.165, 1.54) is 12.5 Å². The van der Waals surface area contributed by atoms with Gasteiger partial charge in [0.15, 0.2) is 0 Å². The summed E-state index contributed by atoms with van der Waals surface area (Å²) in [6, 6.07) is 10.8. The summed E-state index contributed by atoms with van der Waals surface area (Å²) in [5.41, 5.74) is 4.04. The maximum Gasteiger partial charge on any atom is 0.411 e. The number of alkyl halides is 6. The van der Waals surface area contributed by atoms with Gasteiger partial charge in [0.2, 0.25) is 5.41 Å². The highest BCUT2D eigenvalue weighted by Gasteiger charge is 2.72. The molecule has 0 saturated carbocycles. The summed E-state index contributed by atoms with van der Waals surface area (Å²) < 4.78 is 108. The molecule has 0 aliphatic rings. The van der Waals surface area contributed by atoms with Crippen LogP contribution in [0.25, 0.3) is 0 Å². The zero-order chi connectivity index (χ0) is 26.8. The van der Waals surface area contributed by atoms with Crippen molar-refractivity contribution >= 4 is 11.4 Å². The Morgan fingerprint density at radius 2 is 1.03 bits per heavy atom. The second kappa shape index (κ2) is 9.68. The molecule has 12 heteroatoms. The van der Waals surface area contributed by atoms with Crippen LogP contribution in [0.15, 0.2) is 82.0 Å². The second-order valence-electron chi connectivity index (χ2n) is 7.99. The monoisotopic (exact) mass is 526 g/mol. The highest BCUT2D eigenvalue weighted by atomic mass is 19.4. The van der Waals surface area contributed by atoms with E-state index in [9.17, 15) is 26.3 Å². The van der Waals surface area contributed by atoms with Gasteiger partial charge < -0.3 is 29.8 Å². The van der Waals surface area contributed by atoms with E-state index < -0.39 is 40.3 Å². The number of halogens is 6. The van der Waals surface area contributed by atoms with Crippen molar-refractivity contribution < 1.29 is 44.7 Å². The molecule has 4 aromatic rings. The third-order valence-electron chi connectivity index (χ3n) is 5.64. The van der Waals surface area contributed by atoms with Crippen molar-refractivity contribution in [3.05, 3.63) is 95.8 Å². The molecule has 0 unspecified atom stereocenters. The number of furan rings is 2. The van der Waals surface area contributed by atoms with Crippen molar-refractivity contribution in [2.75, 3.05) is 11.5 Å². The van der Waals surface area contributed by atoms with E-state index in [0.717, 1.165) is 12.1 Å². The maximum atomic E-state index is 14.5. The lowest BCUT2D eigenvalue weighted by atomic mass is 9.72. The molecular weight excluding hydrogens is 506 g/mol. The Morgan fingerprint density at radius 3 is 1.32 bits per heavy atom. The molecule has 0 amide bonds. The summed E-state index contributed by atoms with van der Waals surface area (Å²) in [6.45, 7) is -0.257. The van der Waals surface area contributed by atoms with Gasteiger partial charge in [0.05, 0.1) is 23.9 Å². The molecule has 0 aliphatic carbocycles. The quantitative estimate of drug-likeness (QED) is 0.198. The zero-order valence-corrected chi connectivity index (χ0v) is 18.9. The van der Waals surface area contributed by atoms with Crippen LogP contribution >= 0.6 is 0 Å². The number of rotatable bonds is 8. The molecule has 0 saturated heterocycles. The molecule has 2 heterocycles. The minimum absolute atomic E-state index is 0.111. The first kappa shape index (κ1) is 25.9. The van der Waals surface area contributed by atoms with Gasteiger partial charge in [-0.15, -0.1) is 0 Å². The third-order valence-corrected chi connectivity index (χ3v) is 5.64. The number of nitrogen functional groups attached to an aromatic ring is 2. The fourth-order valence-electron chi connectivity index (χ4n) is 3.90. The minimum atomic E-state index is -5.82. The molecule has 0 bridgehead atoms. The fraction of sp³-hybridized carbons (Fsp3) is 0.200. The van der Waals surface area contributed by atoms with Gasteiger partial charge in [-0.2, -0.15) is 26.3 Å². The van der Waals surface area contributed by atoms with E-state index in [-0.39, 0.29) is 24.7 Å². The van der Waals surface area contributed by atoms with Crippen molar-refractivity contribution in [2.24, 2.45) is 0 Å². The first-order valence-corrected chi connectivity index (χ1v) is 10.7. The van der Waals surface area contributed by atoms with Gasteiger partial charge in [0, 0.05) is 0 Å². The smallest absolute Gasteiger partial charge is 0.411 e. The van der Waals surface area contributed by atoms with E-state index >= 15 is 0 Å². The highest BCUT2D eigenvalue weighted by molar-refractivity contribution is 5.61. The summed E-state index contributed by atoms with van der Waals surface area (Å²) in [4.78, 5) is 0. The molecule has 0 fully saturated rings. The zero-order valence-electron chi connectivity index (χ0n) is 18.9. The number of hydrogen-bond donors (Lipinski definition) is 2. The molecule has 0 radical (unpaired) electrons. The van der Waals surface area contributed by atoms with Crippen LogP contribution in [0, 0.1) is 0 Å². The van der Waals surface area contributed by atoms with Crippen molar-refractivity contribution in [1.82, 2.24) is 0 Å². The summed E-state index contributed by atoms with van der Waals surface area (Å²) in [5, 5.41) is 0. The summed E-state index contributed by atoms with van der Waals surface area (Å²) >= 11 is 0. The predicted octanol–water partition coefficient (Wildman–Crippen LogP) is 6.61. The number of benzene rings is 2. The third kappa shape index (κ3) is 4.91. The first-order chi connectivity index (χ1) is 17.4. The van der Waals surface area contributed by atoms with Crippen LogP contribution in [-0.4, -0.2) is 12.4 Å². The molecule has 6 nitrogen and oxygen atoms in total. The SMILES string of the molecule is Nc1cc(C(c2ccc(OCc3ccco3)c(N)c2)(C(F)(F)F)C(F)(F)F)ccc1OCc1ccco1. The minimum Gasteiger partial charge on any atom is -0.483 e. The normalized spacial score (nSPS) is 12.5. The molecule has 0 atom stereocenters. The van der Waals surface area contributed by atoms with Crippen LogP contribution in [0.5, 0.6) is 11.5 Å². The summed E-state index contributed by atoms with van der Waals surface area (Å²) in [5.74, 6) is 0.542. The molecule has 2 aromatic carbocycles. The molecule has 2 aromatic heterocycles. The molecule has 0 spiro atoms.